The first-order chi connectivity index (χ1) is 16.6. The fourth-order valence-electron chi connectivity index (χ4n) is 4.42. The van der Waals surface area contributed by atoms with Gasteiger partial charge in [0, 0.05) is 11.1 Å². The van der Waals surface area contributed by atoms with Crippen LogP contribution in [0.3, 0.4) is 0 Å². The maximum atomic E-state index is 11.6. The van der Waals surface area contributed by atoms with Gasteiger partial charge in [0.05, 0.1) is 11.1 Å². The van der Waals surface area contributed by atoms with Crippen molar-refractivity contribution in [2.75, 3.05) is 0 Å². The molecule has 1 N–H and O–H groups in total. The van der Waals surface area contributed by atoms with Gasteiger partial charge < -0.3 is 9.63 Å². The van der Waals surface area contributed by atoms with E-state index in [0.717, 1.165) is 65.0 Å². The average Bonchev–Trinajstić information content (AvgIpc) is 3.61. The van der Waals surface area contributed by atoms with Gasteiger partial charge in [-0.15, -0.1) is 0 Å². The summed E-state index contributed by atoms with van der Waals surface area (Å²) in [7, 11) is 0. The monoisotopic (exact) mass is 449 g/mol. The third-order valence-corrected chi connectivity index (χ3v) is 6.71. The maximum Gasteiger partial charge on any atom is 0.314 e. The molecule has 4 nitrogen and oxygen atoms in total. The number of aliphatic carboxylic acids is 1. The molecule has 4 aromatic rings. The van der Waals surface area contributed by atoms with E-state index in [1.54, 1.807) is 0 Å². The SMILES string of the molecule is Cc1noc(-c2ccc(-c3ccc(C4(C(=O)O)CC4)cc3)cc2)c1/C=C/CCc1ccccc1. The number of hydrogen-bond acceptors (Lipinski definition) is 3. The Morgan fingerprint density at radius 1 is 0.941 bits per heavy atom. The number of aryl methyl sites for hydroxylation is 2. The normalized spacial score (nSPS) is 14.4. The van der Waals surface area contributed by atoms with E-state index >= 15 is 0 Å². The third-order valence-electron chi connectivity index (χ3n) is 6.71. The molecule has 0 saturated heterocycles. The highest BCUT2D eigenvalue weighted by molar-refractivity contribution is 5.85. The smallest absolute Gasteiger partial charge is 0.314 e. The molecule has 0 amide bonds. The Labute approximate surface area is 199 Å². The van der Waals surface area contributed by atoms with Crippen LogP contribution in [0.2, 0.25) is 0 Å². The number of hydrogen-bond donors (Lipinski definition) is 1. The van der Waals surface area contributed by atoms with Gasteiger partial charge in [0.15, 0.2) is 5.76 Å². The third kappa shape index (κ3) is 4.32. The predicted molar refractivity (Wildman–Crippen MR) is 134 cm³/mol. The Morgan fingerprint density at radius 2 is 1.56 bits per heavy atom. The average molecular weight is 450 g/mol. The molecule has 0 unspecified atom stereocenters. The zero-order valence-electron chi connectivity index (χ0n) is 19.2. The Balaban J connectivity index is 1.30. The standard InChI is InChI=1S/C30H27NO3/c1-21-27(10-6-5-9-22-7-3-2-4-8-22)28(34-31-21)25-13-11-23(12-14-25)24-15-17-26(18-16-24)30(19-20-30)29(32)33/h2-4,6-8,10-18H,5,9,19-20H2,1H3,(H,32,33)/b10-6+. The van der Waals surface area contributed by atoms with Crippen LogP contribution in [-0.4, -0.2) is 16.2 Å². The van der Waals surface area contributed by atoms with Crippen LogP contribution < -0.4 is 0 Å². The number of aromatic nitrogens is 1. The minimum absolute atomic E-state index is 0.669. The van der Waals surface area contributed by atoms with Gasteiger partial charge in [0.1, 0.15) is 0 Å². The summed E-state index contributed by atoms with van der Waals surface area (Å²) in [6.07, 6.45) is 7.67. The summed E-state index contributed by atoms with van der Waals surface area (Å²) in [5, 5.41) is 13.7. The second-order valence-corrected chi connectivity index (χ2v) is 8.98. The number of allylic oxidation sites excluding steroid dienone is 1. The fourth-order valence-corrected chi connectivity index (χ4v) is 4.42. The fraction of sp³-hybridized carbons (Fsp3) is 0.200. The Morgan fingerprint density at radius 3 is 2.18 bits per heavy atom. The van der Waals surface area contributed by atoms with Gasteiger partial charge in [0.2, 0.25) is 0 Å². The number of carboxylic acids is 1. The molecule has 3 aromatic carbocycles. The number of benzene rings is 3. The summed E-state index contributed by atoms with van der Waals surface area (Å²) < 4.78 is 5.67. The van der Waals surface area contributed by atoms with Crippen LogP contribution in [0.5, 0.6) is 0 Å². The highest BCUT2D eigenvalue weighted by Gasteiger charge is 2.51. The minimum atomic E-state index is -0.725. The van der Waals surface area contributed by atoms with Crippen molar-refractivity contribution in [2.24, 2.45) is 0 Å². The predicted octanol–water partition coefficient (Wildman–Crippen LogP) is 7.08. The summed E-state index contributed by atoms with van der Waals surface area (Å²) in [6, 6.07) is 26.6. The molecule has 34 heavy (non-hydrogen) atoms. The van der Waals surface area contributed by atoms with E-state index in [4.69, 9.17) is 4.52 Å². The van der Waals surface area contributed by atoms with Crippen LogP contribution in [0.4, 0.5) is 0 Å². The Bertz CT molecular complexity index is 1310. The van der Waals surface area contributed by atoms with Gasteiger partial charge in [-0.1, -0.05) is 96.2 Å². The lowest BCUT2D eigenvalue weighted by Gasteiger charge is -2.11. The van der Waals surface area contributed by atoms with Crippen molar-refractivity contribution in [3.8, 4) is 22.5 Å². The zero-order valence-corrected chi connectivity index (χ0v) is 19.2. The molecule has 170 valence electrons. The lowest BCUT2D eigenvalue weighted by molar-refractivity contribution is -0.140. The molecule has 0 spiro atoms. The number of nitrogens with zero attached hydrogens (tertiary/aromatic N) is 1. The molecule has 1 aliphatic carbocycles. The second-order valence-electron chi connectivity index (χ2n) is 8.98. The lowest BCUT2D eigenvalue weighted by Crippen LogP contribution is -2.19. The largest absolute Gasteiger partial charge is 0.481 e. The summed E-state index contributed by atoms with van der Waals surface area (Å²) in [5.74, 6) is 0.0457. The van der Waals surface area contributed by atoms with Gasteiger partial charge in [-0.05, 0) is 54.9 Å². The molecule has 1 aromatic heterocycles. The van der Waals surface area contributed by atoms with E-state index in [9.17, 15) is 9.90 Å². The molecule has 1 fully saturated rings. The van der Waals surface area contributed by atoms with E-state index in [-0.39, 0.29) is 0 Å². The highest BCUT2D eigenvalue weighted by Crippen LogP contribution is 2.48. The molecule has 0 atom stereocenters. The molecule has 1 saturated carbocycles. The summed E-state index contributed by atoms with van der Waals surface area (Å²) >= 11 is 0. The van der Waals surface area contributed by atoms with Crippen molar-refractivity contribution in [1.82, 2.24) is 5.16 Å². The molecule has 0 aliphatic heterocycles. The molecular formula is C30H27NO3. The van der Waals surface area contributed by atoms with Gasteiger partial charge in [-0.2, -0.15) is 0 Å². The van der Waals surface area contributed by atoms with E-state index in [1.165, 1.54) is 5.56 Å². The van der Waals surface area contributed by atoms with Crippen LogP contribution in [0.1, 0.15) is 41.6 Å². The lowest BCUT2D eigenvalue weighted by atomic mass is 9.93. The van der Waals surface area contributed by atoms with Crippen LogP contribution in [-0.2, 0) is 16.6 Å². The van der Waals surface area contributed by atoms with Crippen molar-refractivity contribution in [2.45, 2.75) is 38.0 Å². The van der Waals surface area contributed by atoms with Crippen LogP contribution in [0.15, 0.2) is 89.5 Å². The van der Waals surface area contributed by atoms with E-state index < -0.39 is 11.4 Å². The molecule has 1 heterocycles. The first-order valence-electron chi connectivity index (χ1n) is 11.7. The number of carboxylic acid groups (broad SMARTS) is 1. The van der Waals surface area contributed by atoms with Crippen molar-refractivity contribution in [3.05, 3.63) is 107 Å². The molecule has 0 radical (unpaired) electrons. The summed E-state index contributed by atoms with van der Waals surface area (Å²) in [6.45, 7) is 1.96. The van der Waals surface area contributed by atoms with Crippen LogP contribution in [0.25, 0.3) is 28.5 Å². The van der Waals surface area contributed by atoms with Crippen LogP contribution >= 0.6 is 0 Å². The molecular weight excluding hydrogens is 422 g/mol. The van der Waals surface area contributed by atoms with Gasteiger partial charge in [0.25, 0.3) is 0 Å². The summed E-state index contributed by atoms with van der Waals surface area (Å²) in [5.41, 5.74) is 6.54. The van der Waals surface area contributed by atoms with Crippen LogP contribution in [0, 0.1) is 6.92 Å². The van der Waals surface area contributed by atoms with Crippen molar-refractivity contribution < 1.29 is 14.4 Å². The van der Waals surface area contributed by atoms with Gasteiger partial charge in [-0.25, -0.2) is 0 Å². The number of rotatable bonds is 8. The van der Waals surface area contributed by atoms with Crippen molar-refractivity contribution in [3.63, 3.8) is 0 Å². The molecule has 1 aliphatic rings. The van der Waals surface area contributed by atoms with E-state index in [0.29, 0.717) is 0 Å². The maximum absolute atomic E-state index is 11.6. The van der Waals surface area contributed by atoms with E-state index in [2.05, 4.69) is 53.7 Å². The van der Waals surface area contributed by atoms with Gasteiger partial charge in [-0.3, -0.25) is 4.79 Å². The molecule has 5 rings (SSSR count). The van der Waals surface area contributed by atoms with Crippen molar-refractivity contribution >= 4 is 12.0 Å². The van der Waals surface area contributed by atoms with Crippen molar-refractivity contribution in [1.29, 1.82) is 0 Å². The van der Waals surface area contributed by atoms with E-state index in [1.807, 2.05) is 49.4 Å². The molecule has 4 heteroatoms. The first-order valence-corrected chi connectivity index (χ1v) is 11.7. The minimum Gasteiger partial charge on any atom is -0.481 e. The summed E-state index contributed by atoms with van der Waals surface area (Å²) in [4.78, 5) is 11.6. The quantitative estimate of drug-likeness (QED) is 0.312. The highest BCUT2D eigenvalue weighted by atomic mass is 16.5. The number of carbonyl (C=O) groups is 1. The topological polar surface area (TPSA) is 63.3 Å². The Hall–Kier alpha value is -3.92. The Kier molecular flexibility index (Phi) is 5.89. The molecule has 0 bridgehead atoms. The first kappa shape index (κ1) is 21.9. The second kappa shape index (κ2) is 9.14. The zero-order chi connectivity index (χ0) is 23.5. The van der Waals surface area contributed by atoms with Gasteiger partial charge >= 0.3 is 5.97 Å².